The van der Waals surface area contributed by atoms with E-state index in [0.717, 1.165) is 116 Å². The Morgan fingerprint density at radius 1 is 0.295 bits per heavy atom. The van der Waals surface area contributed by atoms with E-state index in [1.165, 1.54) is 141 Å². The van der Waals surface area contributed by atoms with Gasteiger partial charge in [0.05, 0.1) is 6.61 Å². The molecule has 0 saturated heterocycles. The Kier molecular flexibility index (Phi) is 63.4. The summed E-state index contributed by atoms with van der Waals surface area (Å²) in [6, 6.07) is 0. The molecule has 0 aromatic rings. The van der Waals surface area contributed by atoms with Crippen molar-refractivity contribution in [3.05, 3.63) is 146 Å². The number of rotatable bonds is 58. The first-order valence-corrected chi connectivity index (χ1v) is 32.4. The maximum atomic E-state index is 12.4. The number of carbonyl (C=O) groups is 2. The van der Waals surface area contributed by atoms with Crippen molar-refractivity contribution in [3.8, 4) is 0 Å². The Morgan fingerprint density at radius 2 is 0.513 bits per heavy atom. The molecule has 0 heterocycles. The van der Waals surface area contributed by atoms with E-state index in [1.807, 2.05) is 0 Å². The normalized spacial score (nSPS) is 13.2. The Bertz CT molecular complexity index is 1650. The summed E-state index contributed by atoms with van der Waals surface area (Å²) in [4.78, 5) is 24.6. The number of ether oxygens (including phenoxy) is 2. The molecular weight excluding hydrogens is 957 g/mol. The Labute approximate surface area is 482 Å². The summed E-state index contributed by atoms with van der Waals surface area (Å²) in [6.07, 6.45) is 101. The highest BCUT2D eigenvalue weighted by Crippen LogP contribution is 2.16. The lowest BCUT2D eigenvalue weighted by molar-refractivity contribution is -0.161. The highest BCUT2D eigenvalue weighted by Gasteiger charge is 2.16. The number of hydrogen-bond donors (Lipinski definition) is 1. The van der Waals surface area contributed by atoms with Crippen molar-refractivity contribution in [3.63, 3.8) is 0 Å². The third-order valence-electron chi connectivity index (χ3n) is 13.6. The van der Waals surface area contributed by atoms with Gasteiger partial charge in [-0.25, -0.2) is 0 Å². The number of unbranched alkanes of at least 4 members (excludes halogenated alkanes) is 26. The summed E-state index contributed by atoms with van der Waals surface area (Å²) < 4.78 is 10.7. The van der Waals surface area contributed by atoms with E-state index in [0.29, 0.717) is 12.8 Å². The molecule has 0 amide bonds. The fraction of sp³-hybridized carbons (Fsp3) is 0.644. The molecule has 0 aromatic heterocycles. The van der Waals surface area contributed by atoms with E-state index in [4.69, 9.17) is 9.47 Å². The molecule has 0 saturated carbocycles. The lowest BCUT2D eigenvalue weighted by Gasteiger charge is -2.15. The third-order valence-corrected chi connectivity index (χ3v) is 13.6. The van der Waals surface area contributed by atoms with Crippen LogP contribution in [0.1, 0.15) is 284 Å². The van der Waals surface area contributed by atoms with Crippen molar-refractivity contribution in [1.29, 1.82) is 0 Å². The topological polar surface area (TPSA) is 72.8 Å². The number of hydrogen-bond acceptors (Lipinski definition) is 5. The average Bonchev–Trinajstić information content (AvgIpc) is 3.44. The Balaban J connectivity index is 3.52. The molecular formula is C73H120O5. The molecule has 0 aliphatic carbocycles. The molecule has 0 radical (unpaired) electrons. The van der Waals surface area contributed by atoms with Crippen molar-refractivity contribution < 1.29 is 24.2 Å². The van der Waals surface area contributed by atoms with Crippen molar-refractivity contribution in [2.45, 2.75) is 290 Å². The molecule has 0 rings (SSSR count). The Hall–Kier alpha value is -4.22. The van der Waals surface area contributed by atoms with Crippen LogP contribution in [-0.2, 0) is 19.1 Å². The molecule has 78 heavy (non-hydrogen) atoms. The molecule has 1 unspecified atom stereocenters. The van der Waals surface area contributed by atoms with Gasteiger partial charge in [0, 0.05) is 12.8 Å². The summed E-state index contributed by atoms with van der Waals surface area (Å²) in [5.74, 6) is -0.594. The summed E-state index contributed by atoms with van der Waals surface area (Å²) in [6.45, 7) is 3.92. The van der Waals surface area contributed by atoms with Gasteiger partial charge in [0.15, 0.2) is 6.10 Å². The van der Waals surface area contributed by atoms with Gasteiger partial charge in [0.25, 0.3) is 0 Å². The lowest BCUT2D eigenvalue weighted by atomic mass is 10.0. The van der Waals surface area contributed by atoms with Gasteiger partial charge in [-0.2, -0.15) is 0 Å². The summed E-state index contributed by atoms with van der Waals surface area (Å²) >= 11 is 0. The van der Waals surface area contributed by atoms with Crippen LogP contribution in [0.4, 0.5) is 0 Å². The zero-order valence-electron chi connectivity index (χ0n) is 50.6. The smallest absolute Gasteiger partial charge is 0.306 e. The minimum atomic E-state index is -0.784. The number of aliphatic hydroxyl groups excluding tert-OH is 1. The highest BCUT2D eigenvalue weighted by atomic mass is 16.6. The summed E-state index contributed by atoms with van der Waals surface area (Å²) in [5.41, 5.74) is 0. The Morgan fingerprint density at radius 3 is 0.769 bits per heavy atom. The first kappa shape index (κ1) is 73.8. The van der Waals surface area contributed by atoms with Crippen molar-refractivity contribution in [2.24, 2.45) is 0 Å². The monoisotopic (exact) mass is 1080 g/mol. The van der Waals surface area contributed by atoms with Crippen molar-refractivity contribution in [2.75, 3.05) is 13.2 Å². The van der Waals surface area contributed by atoms with Crippen LogP contribution in [0.5, 0.6) is 0 Å². The first-order chi connectivity index (χ1) is 38.6. The molecule has 1 atom stereocenters. The molecule has 5 nitrogen and oxygen atoms in total. The third kappa shape index (κ3) is 64.3. The first-order valence-electron chi connectivity index (χ1n) is 32.4. The van der Waals surface area contributed by atoms with Gasteiger partial charge in [0.2, 0.25) is 0 Å². The zero-order valence-corrected chi connectivity index (χ0v) is 50.6. The van der Waals surface area contributed by atoms with E-state index >= 15 is 0 Å². The maximum Gasteiger partial charge on any atom is 0.306 e. The predicted octanol–water partition coefficient (Wildman–Crippen LogP) is 22.5. The van der Waals surface area contributed by atoms with Crippen molar-refractivity contribution in [1.82, 2.24) is 0 Å². The van der Waals surface area contributed by atoms with Gasteiger partial charge in [-0.3, -0.25) is 9.59 Å². The molecule has 0 aliphatic heterocycles. The number of carbonyl (C=O) groups excluding carboxylic acids is 2. The van der Waals surface area contributed by atoms with E-state index in [-0.39, 0.29) is 25.2 Å². The number of aliphatic hydroxyl groups is 1. The van der Waals surface area contributed by atoms with Crippen LogP contribution in [0.2, 0.25) is 0 Å². The van der Waals surface area contributed by atoms with Gasteiger partial charge in [-0.1, -0.05) is 301 Å². The van der Waals surface area contributed by atoms with Crippen LogP contribution in [0.25, 0.3) is 0 Å². The molecule has 442 valence electrons. The largest absolute Gasteiger partial charge is 0.462 e. The molecule has 1 N–H and O–H groups in total. The number of esters is 2. The SMILES string of the molecule is CC/C=C\C/C=C\C/C=C\C/C=C\C/C=C\C/C=C\CCCCCCCCCCCCCCCCC(=O)OC(CO)COC(=O)CCCCCCCCCCCCCC/C=C\C/C=C\C/C=C\C/C=C\C/C=C\C/C=C\CC. The molecule has 5 heteroatoms. The summed E-state index contributed by atoms with van der Waals surface area (Å²) in [7, 11) is 0. The second-order valence-electron chi connectivity index (χ2n) is 21.1. The standard InChI is InChI=1S/C73H120O5/c1-3-5-7-9-11-13-15-17-19-21-23-25-27-29-31-33-35-36-38-40-42-44-46-48-50-52-54-56-58-60-62-64-66-68-73(76)78-71(69-74)70-77-72(75)67-65-63-61-59-57-55-53-51-49-47-45-43-41-39-37-34-32-30-28-26-24-22-20-18-16-14-12-10-8-6-4-2/h5-8,11-14,17-20,23-26,29-32,35-37,39,71,74H,3-4,9-10,15-16,21-22,27-28,33-34,38,40-70H2,1-2H3/b7-5-,8-6-,13-11-,14-12-,19-17-,20-18-,25-23-,26-24-,31-29-,32-30-,36-35-,39-37-. The minimum Gasteiger partial charge on any atom is -0.462 e. The minimum absolute atomic E-state index is 0.0731. The fourth-order valence-corrected chi connectivity index (χ4v) is 8.86. The van der Waals surface area contributed by atoms with Crippen LogP contribution < -0.4 is 0 Å². The van der Waals surface area contributed by atoms with E-state index in [9.17, 15) is 14.7 Å². The van der Waals surface area contributed by atoms with Gasteiger partial charge >= 0.3 is 11.9 Å². The zero-order chi connectivity index (χ0) is 56.2. The van der Waals surface area contributed by atoms with Crippen molar-refractivity contribution >= 4 is 11.9 Å². The van der Waals surface area contributed by atoms with Gasteiger partial charge in [0.1, 0.15) is 6.61 Å². The molecule has 0 aromatic carbocycles. The van der Waals surface area contributed by atoms with E-state index in [2.05, 4.69) is 160 Å². The van der Waals surface area contributed by atoms with Gasteiger partial charge < -0.3 is 14.6 Å². The molecule has 0 bridgehead atoms. The van der Waals surface area contributed by atoms with Crippen LogP contribution in [0.3, 0.4) is 0 Å². The quantitative estimate of drug-likeness (QED) is 0.0373. The van der Waals surface area contributed by atoms with Crippen LogP contribution in [-0.4, -0.2) is 36.4 Å². The molecule has 0 fully saturated rings. The van der Waals surface area contributed by atoms with Crippen LogP contribution >= 0.6 is 0 Å². The highest BCUT2D eigenvalue weighted by molar-refractivity contribution is 5.70. The van der Waals surface area contributed by atoms with Gasteiger partial charge in [-0.05, 0) is 116 Å². The molecule has 0 spiro atoms. The predicted molar refractivity (Wildman–Crippen MR) is 343 cm³/mol. The lowest BCUT2D eigenvalue weighted by Crippen LogP contribution is -2.28. The van der Waals surface area contributed by atoms with E-state index < -0.39 is 6.10 Å². The second kappa shape index (κ2) is 67.1. The second-order valence-corrected chi connectivity index (χ2v) is 21.1. The summed E-state index contributed by atoms with van der Waals surface area (Å²) in [5, 5.41) is 9.69. The average molecular weight is 1080 g/mol. The fourth-order valence-electron chi connectivity index (χ4n) is 8.86. The van der Waals surface area contributed by atoms with Crippen LogP contribution in [0.15, 0.2) is 146 Å². The van der Waals surface area contributed by atoms with E-state index in [1.54, 1.807) is 0 Å². The van der Waals surface area contributed by atoms with Gasteiger partial charge in [-0.15, -0.1) is 0 Å². The molecule has 0 aliphatic rings. The maximum absolute atomic E-state index is 12.4. The number of allylic oxidation sites excluding steroid dienone is 24. The van der Waals surface area contributed by atoms with Crippen LogP contribution in [0, 0.1) is 0 Å².